The van der Waals surface area contributed by atoms with Crippen LogP contribution >= 0.6 is 11.8 Å². The number of ether oxygens (including phenoxy) is 1. The Labute approximate surface area is 231 Å². The number of rotatable bonds is 11. The summed E-state index contributed by atoms with van der Waals surface area (Å²) in [7, 11) is 1.53. The van der Waals surface area contributed by atoms with E-state index in [1.807, 2.05) is 19.9 Å². The molecule has 0 aliphatic rings. The molecule has 0 aliphatic heterocycles. The second-order valence-corrected chi connectivity index (χ2v) is 10.3. The van der Waals surface area contributed by atoms with Crippen LogP contribution in [-0.2, 0) is 0 Å². The largest absolute Gasteiger partial charge is 0.461 e. The van der Waals surface area contributed by atoms with Crippen LogP contribution in [0.25, 0.3) is 22.2 Å². The normalized spacial score (nSPS) is 12.8. The number of carbonyl (C=O) groups excluding carboxylic acids is 1. The van der Waals surface area contributed by atoms with Gasteiger partial charge in [-0.1, -0.05) is 13.0 Å². The maximum atomic E-state index is 14.9. The Hall–Kier alpha value is -3.86. The van der Waals surface area contributed by atoms with Crippen molar-refractivity contribution in [2.24, 2.45) is 5.92 Å². The van der Waals surface area contributed by atoms with Gasteiger partial charge in [0.2, 0.25) is 0 Å². The summed E-state index contributed by atoms with van der Waals surface area (Å²) in [5.41, 5.74) is 3.11. The molecule has 3 aromatic heterocycles. The highest BCUT2D eigenvalue weighted by atomic mass is 32.2. The second kappa shape index (κ2) is 12.8. The van der Waals surface area contributed by atoms with Gasteiger partial charge in [-0.3, -0.25) is 9.78 Å². The summed E-state index contributed by atoms with van der Waals surface area (Å²) in [4.78, 5) is 34.2. The number of amides is 1. The number of thioether (sulfide) groups is 1. The smallest absolute Gasteiger partial charge is 0.316 e. The van der Waals surface area contributed by atoms with Crippen molar-refractivity contribution in [2.75, 3.05) is 30.9 Å². The van der Waals surface area contributed by atoms with Gasteiger partial charge < -0.3 is 15.4 Å². The molecule has 3 heterocycles. The molecule has 11 heteroatoms. The Morgan fingerprint density at radius 1 is 1.08 bits per heavy atom. The first-order chi connectivity index (χ1) is 18.8. The van der Waals surface area contributed by atoms with Crippen molar-refractivity contribution in [1.29, 1.82) is 0 Å². The van der Waals surface area contributed by atoms with E-state index < -0.39 is 5.82 Å². The molecule has 0 saturated heterocycles. The zero-order valence-corrected chi connectivity index (χ0v) is 23.4. The summed E-state index contributed by atoms with van der Waals surface area (Å²) in [6, 6.07) is 6.91. The quantitative estimate of drug-likeness (QED) is 0.268. The molecule has 9 nitrogen and oxygen atoms in total. The number of anilines is 1. The van der Waals surface area contributed by atoms with Crippen LogP contribution in [0.1, 0.15) is 42.6 Å². The van der Waals surface area contributed by atoms with E-state index in [1.54, 1.807) is 42.5 Å². The molecule has 2 atom stereocenters. The van der Waals surface area contributed by atoms with Gasteiger partial charge in [0.1, 0.15) is 18.0 Å². The van der Waals surface area contributed by atoms with Gasteiger partial charge in [-0.05, 0) is 55.4 Å². The van der Waals surface area contributed by atoms with Crippen LogP contribution in [0.5, 0.6) is 6.01 Å². The van der Waals surface area contributed by atoms with E-state index in [4.69, 9.17) is 4.74 Å². The summed E-state index contributed by atoms with van der Waals surface area (Å²) in [5, 5.41) is 6.26. The molecule has 39 heavy (non-hydrogen) atoms. The topological polar surface area (TPSA) is 115 Å². The number of benzene rings is 1. The summed E-state index contributed by atoms with van der Waals surface area (Å²) in [6.07, 6.45) is 8.45. The predicted octanol–water partition coefficient (Wildman–Crippen LogP) is 4.96. The van der Waals surface area contributed by atoms with E-state index in [0.29, 0.717) is 29.6 Å². The zero-order chi connectivity index (χ0) is 27.9. The van der Waals surface area contributed by atoms with Crippen LogP contribution in [0.2, 0.25) is 0 Å². The highest BCUT2D eigenvalue weighted by molar-refractivity contribution is 7.98. The molecule has 0 bridgehead atoms. The van der Waals surface area contributed by atoms with Crippen molar-refractivity contribution in [3.63, 3.8) is 0 Å². The molecule has 2 N–H and O–H groups in total. The van der Waals surface area contributed by atoms with E-state index in [0.717, 1.165) is 16.9 Å². The molecule has 1 amide bonds. The van der Waals surface area contributed by atoms with Crippen LogP contribution in [0.15, 0.2) is 49.2 Å². The Kier molecular flexibility index (Phi) is 9.23. The van der Waals surface area contributed by atoms with Crippen molar-refractivity contribution in [2.45, 2.75) is 32.8 Å². The minimum absolute atomic E-state index is 0.0103. The van der Waals surface area contributed by atoms with Crippen LogP contribution in [0, 0.1) is 11.7 Å². The average Bonchev–Trinajstić information content (AvgIpc) is 2.94. The maximum Gasteiger partial charge on any atom is 0.316 e. The van der Waals surface area contributed by atoms with Crippen molar-refractivity contribution < 1.29 is 13.9 Å². The van der Waals surface area contributed by atoms with Crippen molar-refractivity contribution in [3.8, 4) is 17.3 Å². The Morgan fingerprint density at radius 3 is 2.54 bits per heavy atom. The number of pyridine rings is 1. The number of hydrogen-bond donors (Lipinski definition) is 2. The number of hydrogen-bond acceptors (Lipinski definition) is 9. The van der Waals surface area contributed by atoms with Gasteiger partial charge >= 0.3 is 6.01 Å². The summed E-state index contributed by atoms with van der Waals surface area (Å²) < 4.78 is 20.4. The maximum absolute atomic E-state index is 14.9. The molecule has 0 fully saturated rings. The lowest BCUT2D eigenvalue weighted by Crippen LogP contribution is -2.23. The fourth-order valence-electron chi connectivity index (χ4n) is 4.35. The second-order valence-electron chi connectivity index (χ2n) is 9.39. The molecule has 1 aromatic carbocycles. The first kappa shape index (κ1) is 28.2. The van der Waals surface area contributed by atoms with Crippen molar-refractivity contribution in [1.82, 2.24) is 30.2 Å². The Bertz CT molecular complexity index is 1440. The fraction of sp³-hybridized carbons (Fsp3) is 0.357. The predicted molar refractivity (Wildman–Crippen MR) is 153 cm³/mol. The van der Waals surface area contributed by atoms with E-state index in [-0.39, 0.29) is 34.8 Å². The van der Waals surface area contributed by atoms with Gasteiger partial charge in [-0.25, -0.2) is 24.3 Å². The van der Waals surface area contributed by atoms with Gasteiger partial charge in [-0.2, -0.15) is 11.8 Å². The first-order valence-electron chi connectivity index (χ1n) is 12.7. The number of aromatic nitrogens is 5. The summed E-state index contributed by atoms with van der Waals surface area (Å²) in [6.45, 7) is 6.56. The van der Waals surface area contributed by atoms with E-state index in [9.17, 15) is 9.18 Å². The van der Waals surface area contributed by atoms with Crippen LogP contribution < -0.4 is 15.4 Å². The van der Waals surface area contributed by atoms with Crippen molar-refractivity contribution in [3.05, 3.63) is 66.1 Å². The van der Waals surface area contributed by atoms with Gasteiger partial charge in [0.05, 0.1) is 22.9 Å². The third-order valence-corrected chi connectivity index (χ3v) is 7.16. The molecule has 0 saturated carbocycles. The Morgan fingerprint density at radius 2 is 1.85 bits per heavy atom. The highest BCUT2D eigenvalue weighted by Gasteiger charge is 2.24. The first-order valence-corrected chi connectivity index (χ1v) is 14.0. The zero-order valence-electron chi connectivity index (χ0n) is 22.6. The number of fused-ring (bicyclic) bond motifs is 1. The SMILES string of the molecule is CNC(=O)c1ccnc2c(C(C)C(CNc3cc(-c4cnc(OC(C)C)nc4)ncn3)CSC)ccc(F)c12. The lowest BCUT2D eigenvalue weighted by atomic mass is 9.86. The third kappa shape index (κ3) is 6.59. The monoisotopic (exact) mass is 549 g/mol. The minimum atomic E-state index is -0.464. The Balaban J connectivity index is 1.55. The molecule has 0 radical (unpaired) electrons. The van der Waals surface area contributed by atoms with Gasteiger partial charge in [0, 0.05) is 49.2 Å². The molecular weight excluding hydrogens is 517 g/mol. The number of nitrogens with one attached hydrogen (secondary N) is 2. The molecular formula is C28H32FN7O2S. The van der Waals surface area contributed by atoms with E-state index in [2.05, 4.69) is 48.7 Å². The lowest BCUT2D eigenvalue weighted by Gasteiger charge is -2.25. The van der Waals surface area contributed by atoms with Crippen molar-refractivity contribution >= 4 is 34.4 Å². The minimum Gasteiger partial charge on any atom is -0.461 e. The number of halogens is 1. The fourth-order valence-corrected chi connectivity index (χ4v) is 5.19. The van der Waals surface area contributed by atoms with E-state index >= 15 is 0 Å². The molecule has 2 unspecified atom stereocenters. The summed E-state index contributed by atoms with van der Waals surface area (Å²) >= 11 is 1.73. The van der Waals surface area contributed by atoms with Crippen LogP contribution in [0.4, 0.5) is 10.2 Å². The molecule has 204 valence electrons. The van der Waals surface area contributed by atoms with Gasteiger partial charge in [-0.15, -0.1) is 0 Å². The third-order valence-electron chi connectivity index (χ3n) is 6.40. The van der Waals surface area contributed by atoms with Gasteiger partial charge in [0.15, 0.2) is 0 Å². The van der Waals surface area contributed by atoms with Gasteiger partial charge in [0.25, 0.3) is 5.91 Å². The van der Waals surface area contributed by atoms with E-state index in [1.165, 1.54) is 19.4 Å². The molecule has 4 rings (SSSR count). The molecule has 0 spiro atoms. The number of nitrogens with zero attached hydrogens (tertiary/aromatic N) is 5. The highest BCUT2D eigenvalue weighted by Crippen LogP contribution is 2.34. The van der Waals surface area contributed by atoms with Crippen LogP contribution in [-0.4, -0.2) is 62.5 Å². The van der Waals surface area contributed by atoms with Crippen LogP contribution in [0.3, 0.4) is 0 Å². The number of carbonyl (C=O) groups is 1. The molecule has 4 aromatic rings. The standard InChI is InChI=1S/C28H32FN7O2S/c1-16(2)38-28-33-11-18(12-34-28)23-10-24(36-15-35-23)32-13-19(14-39-5)17(3)20-6-7-22(29)25-21(27(37)30-4)8-9-31-26(20)25/h6-12,15-17,19H,13-14H2,1-5H3,(H,30,37)(H,32,35,36). The average molecular weight is 550 g/mol. The molecule has 0 aliphatic carbocycles. The summed E-state index contributed by atoms with van der Waals surface area (Å²) in [5.74, 6) is 0.890. The lowest BCUT2D eigenvalue weighted by molar-refractivity contribution is 0.0964.